The van der Waals surface area contributed by atoms with Gasteiger partial charge in [0.25, 0.3) is 0 Å². The minimum absolute atomic E-state index is 0.940. The van der Waals surface area contributed by atoms with Crippen molar-refractivity contribution in [3.63, 3.8) is 0 Å². The molecule has 1 aliphatic carbocycles. The van der Waals surface area contributed by atoms with Crippen molar-refractivity contribution >= 4 is 30.0 Å². The highest BCUT2D eigenvalue weighted by atomic mass is 32.2. The molecule has 0 fully saturated rings. The smallest absolute Gasteiger partial charge is 0.143 e. The second-order valence-electron chi connectivity index (χ2n) is 4.14. The maximum Gasteiger partial charge on any atom is 0.143 e. The minimum Gasteiger partial charge on any atom is -0.455 e. The lowest BCUT2D eigenvalue weighted by atomic mass is 10.2. The van der Waals surface area contributed by atoms with Crippen molar-refractivity contribution in [2.24, 2.45) is 0 Å². The molecule has 2 aromatic rings. The molecule has 0 aromatic carbocycles. The minimum atomic E-state index is 0.940. The van der Waals surface area contributed by atoms with Crippen molar-refractivity contribution in [1.29, 1.82) is 0 Å². The lowest BCUT2D eigenvalue weighted by Gasteiger charge is -1.95. The summed E-state index contributed by atoms with van der Waals surface area (Å²) >= 11 is 1.71. The van der Waals surface area contributed by atoms with Crippen LogP contribution >= 0.6 is 11.8 Å². The summed E-state index contributed by atoms with van der Waals surface area (Å²) in [6.07, 6.45) is 13.9. The number of thioether (sulfide) groups is 1. The molecule has 3 heterocycles. The molecule has 0 unspecified atom stereocenters. The summed E-state index contributed by atoms with van der Waals surface area (Å²) in [5.74, 6) is 0. The molecule has 0 bridgehead atoms. The van der Waals surface area contributed by atoms with E-state index in [0.717, 1.165) is 26.8 Å². The molecule has 0 radical (unpaired) electrons. The average molecular weight is 251 g/mol. The van der Waals surface area contributed by atoms with Gasteiger partial charge in [0.1, 0.15) is 10.8 Å². The highest BCUT2D eigenvalue weighted by molar-refractivity contribution is 8.02. The fourth-order valence-corrected chi connectivity index (χ4v) is 3.06. The first-order valence-corrected chi connectivity index (χ1v) is 6.60. The van der Waals surface area contributed by atoms with E-state index in [1.807, 2.05) is 24.4 Å². The summed E-state index contributed by atoms with van der Waals surface area (Å²) in [4.78, 5) is 5.36. The Hall–Kier alpha value is -2.00. The van der Waals surface area contributed by atoms with Gasteiger partial charge in [-0.15, -0.1) is 0 Å². The standard InChI is InChI=1S/C15H9NOS/c1-3-10-9-16-7-6-11(10)14-12(4-1)15-13(17-14)5-2-8-18-15/h1-9H. The zero-order valence-electron chi connectivity index (χ0n) is 9.46. The third kappa shape index (κ3) is 1.34. The Balaban J connectivity index is 2.33. The number of hydrogen-bond acceptors (Lipinski definition) is 3. The van der Waals surface area contributed by atoms with Crippen LogP contribution in [-0.4, -0.2) is 4.98 Å². The number of nitrogens with zero attached hydrogens (tertiary/aromatic N) is 1. The average Bonchev–Trinajstić information content (AvgIpc) is 2.69. The normalized spacial score (nSPS) is 14.9. The molecule has 1 aliphatic heterocycles. The quantitative estimate of drug-likeness (QED) is 0.717. The second kappa shape index (κ2) is 3.75. The first-order chi connectivity index (χ1) is 8.93. The van der Waals surface area contributed by atoms with E-state index >= 15 is 0 Å². The van der Waals surface area contributed by atoms with Gasteiger partial charge in [0.15, 0.2) is 0 Å². The Bertz CT molecular complexity index is 903. The Labute approximate surface area is 107 Å². The Morgan fingerprint density at radius 2 is 2.17 bits per heavy atom. The van der Waals surface area contributed by atoms with Gasteiger partial charge in [-0.3, -0.25) is 4.98 Å². The van der Waals surface area contributed by atoms with E-state index in [4.69, 9.17) is 4.42 Å². The zero-order chi connectivity index (χ0) is 11.9. The number of rotatable bonds is 0. The molecular formula is C15H9NOS. The van der Waals surface area contributed by atoms with E-state index in [2.05, 4.69) is 28.6 Å². The summed E-state index contributed by atoms with van der Waals surface area (Å²) in [6, 6.07) is 2.00. The molecule has 0 N–H and O–H groups in total. The number of allylic oxidation sites excluding steroid dienone is 2. The summed E-state index contributed by atoms with van der Waals surface area (Å²) < 4.78 is 6.01. The van der Waals surface area contributed by atoms with Gasteiger partial charge < -0.3 is 4.42 Å². The van der Waals surface area contributed by atoms with Crippen LogP contribution in [0, 0.1) is 10.6 Å². The summed E-state index contributed by atoms with van der Waals surface area (Å²) in [5.41, 5.74) is 3.05. The van der Waals surface area contributed by atoms with Gasteiger partial charge in [-0.05, 0) is 23.6 Å². The van der Waals surface area contributed by atoms with Crippen molar-refractivity contribution in [3.05, 3.63) is 62.9 Å². The van der Waals surface area contributed by atoms with Gasteiger partial charge in [-0.25, -0.2) is 0 Å². The predicted molar refractivity (Wildman–Crippen MR) is 72.8 cm³/mol. The van der Waals surface area contributed by atoms with Gasteiger partial charge >= 0.3 is 0 Å². The molecule has 2 aliphatic rings. The molecule has 2 aromatic heterocycles. The summed E-state index contributed by atoms with van der Waals surface area (Å²) in [5, 5.41) is 4.28. The lowest BCUT2D eigenvalue weighted by Crippen LogP contribution is -2.03. The fraction of sp³-hybridized carbons (Fsp3) is 0. The largest absolute Gasteiger partial charge is 0.455 e. The van der Waals surface area contributed by atoms with Crippen molar-refractivity contribution in [3.8, 4) is 0 Å². The highest BCUT2D eigenvalue weighted by Gasteiger charge is 2.12. The van der Waals surface area contributed by atoms with Gasteiger partial charge in [0.05, 0.1) is 4.90 Å². The third-order valence-corrected chi connectivity index (χ3v) is 4.02. The summed E-state index contributed by atoms with van der Waals surface area (Å²) in [6.45, 7) is 0. The molecule has 3 heteroatoms. The van der Waals surface area contributed by atoms with E-state index in [-0.39, 0.29) is 0 Å². The maximum absolute atomic E-state index is 6.01. The second-order valence-corrected chi connectivity index (χ2v) is 5.06. The van der Waals surface area contributed by atoms with Gasteiger partial charge in [0.2, 0.25) is 0 Å². The highest BCUT2D eigenvalue weighted by Crippen LogP contribution is 2.26. The predicted octanol–water partition coefficient (Wildman–Crippen LogP) is 2.17. The van der Waals surface area contributed by atoms with Gasteiger partial charge in [-0.1, -0.05) is 30.0 Å². The van der Waals surface area contributed by atoms with Gasteiger partial charge in [0, 0.05) is 28.4 Å². The van der Waals surface area contributed by atoms with E-state index < -0.39 is 0 Å². The molecule has 18 heavy (non-hydrogen) atoms. The first-order valence-electron chi connectivity index (χ1n) is 5.72. The van der Waals surface area contributed by atoms with E-state index in [1.165, 1.54) is 4.90 Å². The van der Waals surface area contributed by atoms with E-state index in [0.29, 0.717) is 0 Å². The van der Waals surface area contributed by atoms with Crippen LogP contribution in [-0.2, 0) is 0 Å². The van der Waals surface area contributed by atoms with E-state index in [1.54, 1.807) is 18.0 Å². The van der Waals surface area contributed by atoms with Crippen LogP contribution in [0.4, 0.5) is 0 Å². The molecule has 2 nitrogen and oxygen atoms in total. The van der Waals surface area contributed by atoms with Crippen LogP contribution in [0.3, 0.4) is 0 Å². The van der Waals surface area contributed by atoms with Crippen molar-refractivity contribution in [1.82, 2.24) is 4.98 Å². The lowest BCUT2D eigenvalue weighted by molar-refractivity contribution is 0.498. The van der Waals surface area contributed by atoms with Gasteiger partial charge in [-0.2, -0.15) is 0 Å². The Morgan fingerprint density at radius 3 is 3.17 bits per heavy atom. The monoisotopic (exact) mass is 251 g/mol. The molecule has 86 valence electrons. The van der Waals surface area contributed by atoms with Crippen molar-refractivity contribution < 1.29 is 4.42 Å². The molecule has 0 amide bonds. The zero-order valence-corrected chi connectivity index (χ0v) is 10.3. The Kier molecular flexibility index (Phi) is 2.08. The van der Waals surface area contributed by atoms with E-state index in [9.17, 15) is 0 Å². The van der Waals surface area contributed by atoms with Crippen LogP contribution in [0.1, 0.15) is 5.56 Å². The number of pyridine rings is 1. The first kappa shape index (κ1) is 9.97. The SMILES string of the molecule is C1=CSc2c3c(oc2=C1)=c1ccncc1=CC=C3. The van der Waals surface area contributed by atoms with Crippen molar-refractivity contribution in [2.45, 2.75) is 4.90 Å². The molecule has 0 saturated carbocycles. The molecule has 0 spiro atoms. The molecule has 0 saturated heterocycles. The molecule has 4 rings (SSSR count). The Morgan fingerprint density at radius 1 is 1.17 bits per heavy atom. The van der Waals surface area contributed by atoms with Crippen molar-refractivity contribution in [2.75, 3.05) is 0 Å². The van der Waals surface area contributed by atoms with Crippen LogP contribution in [0.25, 0.3) is 18.2 Å². The van der Waals surface area contributed by atoms with Crippen LogP contribution in [0.2, 0.25) is 0 Å². The maximum atomic E-state index is 6.01. The molecular weight excluding hydrogens is 242 g/mol. The fourth-order valence-electron chi connectivity index (χ4n) is 2.26. The number of fused-ring (bicyclic) bond motifs is 4. The van der Waals surface area contributed by atoms with Crippen LogP contribution in [0.5, 0.6) is 0 Å². The number of aromatic nitrogens is 1. The number of hydrogen-bond donors (Lipinski definition) is 0. The summed E-state index contributed by atoms with van der Waals surface area (Å²) in [7, 11) is 0. The third-order valence-electron chi connectivity index (χ3n) is 3.07. The van der Waals surface area contributed by atoms with Crippen LogP contribution < -0.4 is 10.6 Å². The molecule has 0 atom stereocenters. The van der Waals surface area contributed by atoms with Crippen LogP contribution in [0.15, 0.2) is 45.3 Å². The number of furan rings is 1. The topological polar surface area (TPSA) is 26.0 Å².